The molecule has 5 nitrogen and oxygen atoms in total. The monoisotopic (exact) mass is 421 g/mol. The Labute approximate surface area is 158 Å². The molecule has 0 spiro atoms. The van der Waals surface area contributed by atoms with E-state index in [0.29, 0.717) is 6.07 Å². The van der Waals surface area contributed by atoms with Crippen molar-refractivity contribution in [3.63, 3.8) is 0 Å². The average molecular weight is 422 g/mol. The van der Waals surface area contributed by atoms with Gasteiger partial charge in [-0.3, -0.25) is 4.79 Å². The van der Waals surface area contributed by atoms with Crippen LogP contribution in [0.5, 0.6) is 5.75 Å². The number of phenols is 1. The van der Waals surface area contributed by atoms with Gasteiger partial charge in [-0.2, -0.15) is 13.2 Å². The molecule has 0 aliphatic carbocycles. The van der Waals surface area contributed by atoms with Gasteiger partial charge >= 0.3 is 6.18 Å². The van der Waals surface area contributed by atoms with Crippen LogP contribution in [0.25, 0.3) is 0 Å². The number of hydrogen-bond donors (Lipinski definition) is 2. The fourth-order valence-corrected chi connectivity index (χ4v) is 3.64. The van der Waals surface area contributed by atoms with Crippen LogP contribution < -0.4 is 5.32 Å². The lowest BCUT2D eigenvalue weighted by Gasteiger charge is -2.13. The molecule has 2 rings (SSSR count). The van der Waals surface area contributed by atoms with Gasteiger partial charge in [0.25, 0.3) is 5.91 Å². The van der Waals surface area contributed by atoms with Crippen LogP contribution in [0.3, 0.4) is 0 Å². The second kappa shape index (κ2) is 7.77. The Morgan fingerprint density at radius 2 is 1.85 bits per heavy atom. The predicted octanol–water partition coefficient (Wildman–Crippen LogP) is 3.79. The average Bonchev–Trinajstić information content (AvgIpc) is 2.58. The summed E-state index contributed by atoms with van der Waals surface area (Å²) in [5.74, 6) is -2.02. The molecular formula is C17H15ClF3NO4S. The molecule has 0 unspecified atom stereocenters. The molecule has 0 atom stereocenters. The number of rotatable bonds is 5. The van der Waals surface area contributed by atoms with E-state index in [1.54, 1.807) is 0 Å². The Bertz CT molecular complexity index is 975. The Morgan fingerprint density at radius 1 is 1.19 bits per heavy atom. The van der Waals surface area contributed by atoms with E-state index in [0.717, 1.165) is 12.1 Å². The minimum atomic E-state index is -4.82. The number of phenolic OH excluding ortho intramolecular Hbond substituents is 1. The van der Waals surface area contributed by atoms with E-state index in [1.165, 1.54) is 25.1 Å². The largest absolute Gasteiger partial charge is 0.507 e. The molecule has 0 aliphatic heterocycles. The summed E-state index contributed by atoms with van der Waals surface area (Å²) >= 11 is 5.87. The van der Waals surface area contributed by atoms with Crippen molar-refractivity contribution in [2.24, 2.45) is 0 Å². The van der Waals surface area contributed by atoms with E-state index in [9.17, 15) is 31.5 Å². The smallest absolute Gasteiger partial charge is 0.419 e. The predicted molar refractivity (Wildman–Crippen MR) is 93.5 cm³/mol. The first-order valence-electron chi connectivity index (χ1n) is 7.65. The minimum Gasteiger partial charge on any atom is -0.507 e. The van der Waals surface area contributed by atoms with Crippen molar-refractivity contribution in [3.05, 3.63) is 58.1 Å². The van der Waals surface area contributed by atoms with Gasteiger partial charge in [-0.05, 0) is 42.0 Å². The van der Waals surface area contributed by atoms with E-state index in [2.05, 4.69) is 5.32 Å². The van der Waals surface area contributed by atoms with Crippen LogP contribution in [0.4, 0.5) is 13.2 Å². The number of benzene rings is 2. The number of carbonyl (C=O) groups is 1. The Morgan fingerprint density at radius 3 is 2.44 bits per heavy atom. The van der Waals surface area contributed by atoms with E-state index in [-0.39, 0.29) is 33.3 Å². The first-order valence-corrected chi connectivity index (χ1v) is 9.68. The van der Waals surface area contributed by atoms with E-state index >= 15 is 0 Å². The summed E-state index contributed by atoms with van der Waals surface area (Å²) < 4.78 is 62.8. The number of halogens is 4. The molecule has 0 aliphatic rings. The van der Waals surface area contributed by atoms with Crippen LogP contribution in [-0.4, -0.2) is 25.2 Å². The lowest BCUT2D eigenvalue weighted by Crippen LogP contribution is -2.24. The molecule has 2 N–H and O–H groups in total. The molecule has 0 aromatic heterocycles. The van der Waals surface area contributed by atoms with Gasteiger partial charge in [-0.25, -0.2) is 8.42 Å². The number of hydrogen-bond acceptors (Lipinski definition) is 4. The van der Waals surface area contributed by atoms with Gasteiger partial charge in [0.2, 0.25) is 0 Å². The molecule has 10 heteroatoms. The van der Waals surface area contributed by atoms with Gasteiger partial charge in [-0.15, -0.1) is 0 Å². The summed E-state index contributed by atoms with van der Waals surface area (Å²) in [4.78, 5) is 12.2. The lowest BCUT2D eigenvalue weighted by molar-refractivity contribution is -0.138. The fraction of sp³-hybridized carbons (Fsp3) is 0.235. The molecule has 27 heavy (non-hydrogen) atoms. The van der Waals surface area contributed by atoms with Crippen LogP contribution in [0, 0.1) is 0 Å². The molecule has 0 bridgehead atoms. The fourth-order valence-electron chi connectivity index (χ4n) is 2.33. The van der Waals surface area contributed by atoms with Gasteiger partial charge in [0.15, 0.2) is 9.84 Å². The number of sulfone groups is 1. The molecular weight excluding hydrogens is 407 g/mol. The van der Waals surface area contributed by atoms with Gasteiger partial charge in [0.05, 0.1) is 16.2 Å². The summed E-state index contributed by atoms with van der Waals surface area (Å²) in [7, 11) is -3.58. The zero-order valence-electron chi connectivity index (χ0n) is 14.0. The molecule has 0 radical (unpaired) electrons. The Balaban J connectivity index is 2.28. The second-order valence-corrected chi connectivity index (χ2v) is 8.25. The van der Waals surface area contributed by atoms with Gasteiger partial charge in [-0.1, -0.05) is 18.5 Å². The summed E-state index contributed by atoms with van der Waals surface area (Å²) in [5, 5.41) is 11.9. The highest BCUT2D eigenvalue weighted by Crippen LogP contribution is 2.36. The molecule has 0 heterocycles. The van der Waals surface area contributed by atoms with Crippen molar-refractivity contribution in [3.8, 4) is 5.75 Å². The number of alkyl halides is 3. The highest BCUT2D eigenvalue weighted by Gasteiger charge is 2.34. The molecule has 146 valence electrons. The van der Waals surface area contributed by atoms with Crippen molar-refractivity contribution in [1.29, 1.82) is 0 Å². The topological polar surface area (TPSA) is 83.5 Å². The van der Waals surface area contributed by atoms with Crippen molar-refractivity contribution in [1.82, 2.24) is 5.32 Å². The summed E-state index contributed by atoms with van der Waals surface area (Å²) in [6.45, 7) is 1.21. The van der Waals surface area contributed by atoms with Gasteiger partial charge in [0.1, 0.15) is 5.75 Å². The molecule has 0 saturated heterocycles. The zero-order valence-corrected chi connectivity index (χ0v) is 15.5. The summed E-state index contributed by atoms with van der Waals surface area (Å²) in [6.07, 6.45) is -4.82. The van der Waals surface area contributed by atoms with Crippen molar-refractivity contribution in [2.75, 3.05) is 5.75 Å². The first kappa shape index (κ1) is 21.0. The van der Waals surface area contributed by atoms with Gasteiger partial charge < -0.3 is 10.4 Å². The second-order valence-electron chi connectivity index (χ2n) is 5.57. The van der Waals surface area contributed by atoms with Crippen molar-refractivity contribution < 1.29 is 31.5 Å². The maximum Gasteiger partial charge on any atom is 0.419 e. The minimum absolute atomic E-state index is 0.0172. The SMILES string of the molecule is CCS(=O)(=O)c1ccc(Cl)cc1CNC(=O)c1ccc(O)c(C(F)(F)F)c1. The van der Waals surface area contributed by atoms with E-state index in [1.807, 2.05) is 0 Å². The molecule has 0 fully saturated rings. The number of aromatic hydroxyl groups is 1. The first-order chi connectivity index (χ1) is 12.5. The van der Waals surface area contributed by atoms with E-state index in [4.69, 9.17) is 11.6 Å². The Hall–Kier alpha value is -2.26. The third kappa shape index (κ3) is 4.92. The number of carbonyl (C=O) groups excluding carboxylic acids is 1. The Kier molecular flexibility index (Phi) is 6.06. The molecule has 2 aromatic rings. The van der Waals surface area contributed by atoms with Crippen LogP contribution in [0.1, 0.15) is 28.4 Å². The van der Waals surface area contributed by atoms with Crippen molar-refractivity contribution in [2.45, 2.75) is 24.5 Å². The third-order valence-corrected chi connectivity index (χ3v) is 5.80. The molecule has 0 saturated carbocycles. The van der Waals surface area contributed by atoms with E-state index < -0.39 is 33.2 Å². The molecule has 2 aromatic carbocycles. The van der Waals surface area contributed by atoms with Crippen molar-refractivity contribution >= 4 is 27.3 Å². The summed E-state index contributed by atoms with van der Waals surface area (Å²) in [6, 6.07) is 6.39. The maximum absolute atomic E-state index is 12.8. The standard InChI is InChI=1S/C17H15ClF3NO4S/c1-2-27(25,26)15-6-4-12(18)7-11(15)9-22-16(24)10-3-5-14(23)13(8-10)17(19,20)21/h3-8,23H,2,9H2,1H3,(H,22,24). The number of amides is 1. The maximum atomic E-state index is 12.8. The van der Waals surface area contributed by atoms with Crippen LogP contribution in [0.15, 0.2) is 41.3 Å². The quantitative estimate of drug-likeness (QED) is 0.769. The van der Waals surface area contributed by atoms with Gasteiger partial charge in [0, 0.05) is 17.1 Å². The van der Waals surface area contributed by atoms with Crippen LogP contribution in [-0.2, 0) is 22.6 Å². The highest BCUT2D eigenvalue weighted by molar-refractivity contribution is 7.91. The highest BCUT2D eigenvalue weighted by atomic mass is 35.5. The zero-order chi connectivity index (χ0) is 20.4. The third-order valence-electron chi connectivity index (χ3n) is 3.74. The van der Waals surface area contributed by atoms with Crippen LogP contribution in [0.2, 0.25) is 5.02 Å². The number of nitrogens with one attached hydrogen (secondary N) is 1. The summed E-state index contributed by atoms with van der Waals surface area (Å²) in [5.41, 5.74) is -1.46. The van der Waals surface area contributed by atoms with Crippen LogP contribution >= 0.6 is 11.6 Å². The normalized spacial score (nSPS) is 12.0. The lowest BCUT2D eigenvalue weighted by atomic mass is 10.1. The molecule has 1 amide bonds.